The van der Waals surface area contributed by atoms with Crippen molar-refractivity contribution < 1.29 is 9.18 Å². The van der Waals surface area contributed by atoms with Gasteiger partial charge in [-0.25, -0.2) is 9.37 Å². The van der Waals surface area contributed by atoms with Gasteiger partial charge in [0, 0.05) is 28.7 Å². The second-order valence-corrected chi connectivity index (χ2v) is 8.13. The number of benzene rings is 2. The Labute approximate surface area is 177 Å². The SMILES string of the molecule is CCN(CC)CCN(C(=O)c1cc(Cl)cc(Cl)c1)c1nc2ccc(F)cc2s1. The number of fused-ring (bicyclic) bond motifs is 1. The first kappa shape index (κ1) is 21.0. The van der Waals surface area contributed by atoms with Gasteiger partial charge in [-0.15, -0.1) is 0 Å². The van der Waals surface area contributed by atoms with E-state index in [1.807, 2.05) is 0 Å². The van der Waals surface area contributed by atoms with E-state index in [9.17, 15) is 9.18 Å². The number of nitrogens with zero attached hydrogens (tertiary/aromatic N) is 3. The lowest BCUT2D eigenvalue weighted by Crippen LogP contribution is -2.38. The number of aromatic nitrogens is 1. The lowest BCUT2D eigenvalue weighted by molar-refractivity contribution is 0.0984. The van der Waals surface area contributed by atoms with Crippen molar-refractivity contribution in [2.45, 2.75) is 13.8 Å². The summed E-state index contributed by atoms with van der Waals surface area (Å²) in [5.41, 5.74) is 1.05. The maximum Gasteiger partial charge on any atom is 0.260 e. The van der Waals surface area contributed by atoms with Crippen LogP contribution in [0.4, 0.5) is 9.52 Å². The van der Waals surface area contributed by atoms with Crippen molar-refractivity contribution in [3.8, 4) is 0 Å². The number of halogens is 3. The van der Waals surface area contributed by atoms with E-state index in [0.717, 1.165) is 13.1 Å². The van der Waals surface area contributed by atoms with Gasteiger partial charge in [0.2, 0.25) is 0 Å². The van der Waals surface area contributed by atoms with Crippen LogP contribution in [-0.2, 0) is 0 Å². The third-order valence-corrected chi connectivity index (χ3v) is 5.94. The molecule has 0 atom stereocenters. The molecular weight excluding hydrogens is 420 g/mol. The average Bonchev–Trinajstić information content (AvgIpc) is 3.06. The van der Waals surface area contributed by atoms with Gasteiger partial charge in [0.15, 0.2) is 5.13 Å². The molecule has 2 aromatic carbocycles. The topological polar surface area (TPSA) is 36.4 Å². The molecule has 0 aliphatic rings. The minimum absolute atomic E-state index is 0.240. The Morgan fingerprint density at radius 3 is 2.39 bits per heavy atom. The summed E-state index contributed by atoms with van der Waals surface area (Å²) in [6.07, 6.45) is 0. The highest BCUT2D eigenvalue weighted by Gasteiger charge is 2.22. The van der Waals surface area contributed by atoms with Gasteiger partial charge in [-0.1, -0.05) is 48.4 Å². The molecule has 148 valence electrons. The summed E-state index contributed by atoms with van der Waals surface area (Å²) in [5, 5.41) is 1.31. The number of rotatable bonds is 7. The first-order chi connectivity index (χ1) is 13.4. The highest BCUT2D eigenvalue weighted by molar-refractivity contribution is 7.22. The summed E-state index contributed by atoms with van der Waals surface area (Å²) >= 11 is 13.4. The Morgan fingerprint density at radius 1 is 1.07 bits per heavy atom. The third kappa shape index (κ3) is 4.81. The first-order valence-electron chi connectivity index (χ1n) is 8.97. The predicted molar refractivity (Wildman–Crippen MR) is 116 cm³/mol. The molecule has 0 saturated heterocycles. The van der Waals surface area contributed by atoms with Crippen molar-refractivity contribution in [1.29, 1.82) is 0 Å². The normalized spacial score (nSPS) is 11.4. The minimum atomic E-state index is -0.328. The highest BCUT2D eigenvalue weighted by atomic mass is 35.5. The number of likely N-dealkylation sites (N-methyl/N-ethyl adjacent to an activating group) is 1. The van der Waals surface area contributed by atoms with E-state index in [-0.39, 0.29) is 11.7 Å². The zero-order chi connectivity index (χ0) is 20.3. The van der Waals surface area contributed by atoms with Crippen molar-refractivity contribution in [1.82, 2.24) is 9.88 Å². The molecule has 1 heterocycles. The summed E-state index contributed by atoms with van der Waals surface area (Å²) in [4.78, 5) is 21.6. The monoisotopic (exact) mass is 439 g/mol. The van der Waals surface area contributed by atoms with Crippen LogP contribution in [0.25, 0.3) is 10.2 Å². The molecule has 8 heteroatoms. The average molecular weight is 440 g/mol. The second kappa shape index (κ2) is 9.18. The Morgan fingerprint density at radius 2 is 1.75 bits per heavy atom. The molecule has 0 bridgehead atoms. The van der Waals surface area contributed by atoms with E-state index < -0.39 is 0 Å². The van der Waals surface area contributed by atoms with E-state index in [2.05, 4.69) is 23.7 Å². The number of anilines is 1. The lowest BCUT2D eigenvalue weighted by Gasteiger charge is -2.24. The van der Waals surface area contributed by atoms with Crippen LogP contribution in [0.5, 0.6) is 0 Å². The third-order valence-electron chi connectivity index (χ3n) is 4.46. The van der Waals surface area contributed by atoms with E-state index in [0.29, 0.717) is 44.0 Å². The molecule has 0 radical (unpaired) electrons. The van der Waals surface area contributed by atoms with Crippen LogP contribution in [0.1, 0.15) is 24.2 Å². The van der Waals surface area contributed by atoms with Crippen LogP contribution < -0.4 is 4.90 Å². The molecule has 0 aliphatic carbocycles. The Balaban J connectivity index is 1.98. The van der Waals surface area contributed by atoms with Crippen molar-refractivity contribution >= 4 is 55.8 Å². The fourth-order valence-corrected chi connectivity index (χ4v) is 4.44. The number of carbonyl (C=O) groups excluding carboxylic acids is 1. The van der Waals surface area contributed by atoms with Gasteiger partial charge in [-0.3, -0.25) is 9.69 Å². The maximum absolute atomic E-state index is 13.6. The van der Waals surface area contributed by atoms with Crippen molar-refractivity contribution in [2.24, 2.45) is 0 Å². The molecule has 28 heavy (non-hydrogen) atoms. The molecule has 0 N–H and O–H groups in total. The standard InChI is InChI=1S/C20H20Cl2FN3OS/c1-3-25(4-2)7-8-26(19(27)13-9-14(21)11-15(22)10-13)20-24-17-6-5-16(23)12-18(17)28-20/h5-6,9-12H,3-4,7-8H2,1-2H3. The number of thiazole rings is 1. The van der Waals surface area contributed by atoms with Crippen LogP contribution >= 0.6 is 34.5 Å². The quantitative estimate of drug-likeness (QED) is 0.471. The summed E-state index contributed by atoms with van der Waals surface area (Å²) in [5.74, 6) is -0.568. The van der Waals surface area contributed by atoms with Crippen LogP contribution in [-0.4, -0.2) is 42.0 Å². The molecule has 3 rings (SSSR count). The van der Waals surface area contributed by atoms with Gasteiger partial charge in [-0.2, -0.15) is 0 Å². The van der Waals surface area contributed by atoms with Gasteiger partial charge in [0.1, 0.15) is 5.82 Å². The zero-order valence-corrected chi connectivity index (χ0v) is 17.9. The van der Waals surface area contributed by atoms with Crippen LogP contribution in [0, 0.1) is 5.82 Å². The highest BCUT2D eigenvalue weighted by Crippen LogP contribution is 2.31. The molecule has 0 aliphatic heterocycles. The molecule has 0 saturated carbocycles. The van der Waals surface area contributed by atoms with Crippen LogP contribution in [0.15, 0.2) is 36.4 Å². The zero-order valence-electron chi connectivity index (χ0n) is 15.6. The number of hydrogen-bond acceptors (Lipinski definition) is 4. The number of amides is 1. The van der Waals surface area contributed by atoms with Crippen molar-refractivity contribution in [2.75, 3.05) is 31.1 Å². The lowest BCUT2D eigenvalue weighted by atomic mass is 10.2. The molecule has 1 aromatic heterocycles. The largest absolute Gasteiger partial charge is 0.302 e. The molecule has 0 unspecified atom stereocenters. The summed E-state index contributed by atoms with van der Waals surface area (Å²) < 4.78 is 14.3. The van der Waals surface area contributed by atoms with E-state index in [1.165, 1.54) is 23.5 Å². The van der Waals surface area contributed by atoms with Gasteiger partial charge < -0.3 is 4.90 Å². The minimum Gasteiger partial charge on any atom is -0.302 e. The predicted octanol–water partition coefficient (Wildman–Crippen LogP) is 5.73. The summed E-state index contributed by atoms with van der Waals surface area (Å²) in [6, 6.07) is 9.18. The van der Waals surface area contributed by atoms with E-state index >= 15 is 0 Å². The van der Waals surface area contributed by atoms with Crippen LogP contribution in [0.2, 0.25) is 10.0 Å². The van der Waals surface area contributed by atoms with Gasteiger partial charge in [0.25, 0.3) is 5.91 Å². The van der Waals surface area contributed by atoms with E-state index in [4.69, 9.17) is 23.2 Å². The van der Waals surface area contributed by atoms with Gasteiger partial charge in [0.05, 0.1) is 10.2 Å². The molecular formula is C20H20Cl2FN3OS. The Hall–Kier alpha value is -1.73. The number of hydrogen-bond donors (Lipinski definition) is 0. The fraction of sp³-hybridized carbons (Fsp3) is 0.300. The first-order valence-corrected chi connectivity index (χ1v) is 10.5. The van der Waals surface area contributed by atoms with Crippen molar-refractivity contribution in [3.63, 3.8) is 0 Å². The van der Waals surface area contributed by atoms with Gasteiger partial charge >= 0.3 is 0 Å². The maximum atomic E-state index is 13.6. The van der Waals surface area contributed by atoms with Crippen LogP contribution in [0.3, 0.4) is 0 Å². The molecule has 3 aromatic rings. The smallest absolute Gasteiger partial charge is 0.260 e. The summed E-state index contributed by atoms with van der Waals surface area (Å²) in [7, 11) is 0. The summed E-state index contributed by atoms with van der Waals surface area (Å²) in [6.45, 7) is 7.06. The van der Waals surface area contributed by atoms with Crippen molar-refractivity contribution in [3.05, 3.63) is 57.8 Å². The molecule has 0 fully saturated rings. The number of carbonyl (C=O) groups is 1. The molecule has 0 spiro atoms. The van der Waals surface area contributed by atoms with Gasteiger partial charge in [-0.05, 0) is 49.5 Å². The fourth-order valence-electron chi connectivity index (χ4n) is 2.90. The Bertz CT molecular complexity index is 970. The molecule has 4 nitrogen and oxygen atoms in total. The second-order valence-electron chi connectivity index (χ2n) is 6.25. The molecule has 1 amide bonds. The Kier molecular flexibility index (Phi) is 6.88. The van der Waals surface area contributed by atoms with E-state index in [1.54, 1.807) is 29.2 Å².